The van der Waals surface area contributed by atoms with Gasteiger partial charge in [-0.25, -0.2) is 0 Å². The lowest BCUT2D eigenvalue weighted by molar-refractivity contribution is 0.0702. The van der Waals surface area contributed by atoms with Gasteiger partial charge in [0.25, 0.3) is 0 Å². The average Bonchev–Trinajstić information content (AvgIpc) is 2.53. The van der Waals surface area contributed by atoms with E-state index in [9.17, 15) is 0 Å². The van der Waals surface area contributed by atoms with Crippen molar-refractivity contribution in [3.8, 4) is 0 Å². The fourth-order valence-corrected chi connectivity index (χ4v) is 3.98. The number of hydrogen-bond donors (Lipinski definition) is 0. The Morgan fingerprint density at radius 1 is 1.30 bits per heavy atom. The first-order valence-electron chi connectivity index (χ1n) is 7.39. The van der Waals surface area contributed by atoms with Gasteiger partial charge in [0.1, 0.15) is 4.32 Å². The molecule has 1 heterocycles. The molecule has 2 nitrogen and oxygen atoms in total. The lowest BCUT2D eigenvalue weighted by Gasteiger charge is -2.30. The summed E-state index contributed by atoms with van der Waals surface area (Å²) in [6, 6.07) is 10.7. The Morgan fingerprint density at radius 3 is 2.65 bits per heavy atom. The van der Waals surface area contributed by atoms with E-state index in [-0.39, 0.29) is 0 Å². The Labute approximate surface area is 131 Å². The highest BCUT2D eigenvalue weighted by molar-refractivity contribution is 8.23. The maximum absolute atomic E-state index is 5.63. The Morgan fingerprint density at radius 2 is 2.00 bits per heavy atom. The molecular formula is C16H23NOS2. The van der Waals surface area contributed by atoms with Crippen molar-refractivity contribution < 1.29 is 4.74 Å². The third-order valence-corrected chi connectivity index (χ3v) is 5.30. The van der Waals surface area contributed by atoms with Crippen LogP contribution in [0.1, 0.15) is 37.0 Å². The molecule has 0 bridgehead atoms. The van der Waals surface area contributed by atoms with E-state index in [1.54, 1.807) is 0 Å². The van der Waals surface area contributed by atoms with Crippen molar-refractivity contribution in [1.29, 1.82) is 0 Å². The van der Waals surface area contributed by atoms with Gasteiger partial charge in [-0.3, -0.25) is 0 Å². The van der Waals surface area contributed by atoms with Crippen molar-refractivity contribution in [3.05, 3.63) is 35.9 Å². The number of thioether (sulfide) groups is 1. The highest BCUT2D eigenvalue weighted by Crippen LogP contribution is 2.35. The minimum atomic E-state index is 0.478. The standard InChI is InChI=1S/C16H23NOS2/c1-2-3-9-15(14-7-5-4-6-8-14)20-16(19)17-10-12-18-13-11-17/h4-8,15H,2-3,9-13H2,1H3. The molecular weight excluding hydrogens is 286 g/mol. The van der Waals surface area contributed by atoms with Crippen LogP contribution in [-0.2, 0) is 4.74 Å². The summed E-state index contributed by atoms with van der Waals surface area (Å²) in [6.45, 7) is 5.70. The van der Waals surface area contributed by atoms with Crippen LogP contribution in [0.5, 0.6) is 0 Å². The molecule has 1 unspecified atom stereocenters. The Bertz CT molecular complexity index is 404. The predicted molar refractivity (Wildman–Crippen MR) is 91.3 cm³/mol. The minimum Gasteiger partial charge on any atom is -0.378 e. The second-order valence-corrected chi connectivity index (χ2v) is 6.86. The van der Waals surface area contributed by atoms with E-state index in [0.717, 1.165) is 30.6 Å². The highest BCUT2D eigenvalue weighted by Gasteiger charge is 2.19. The number of morpholine rings is 1. The molecule has 1 aliphatic heterocycles. The van der Waals surface area contributed by atoms with Crippen LogP contribution in [0.3, 0.4) is 0 Å². The molecule has 110 valence electrons. The summed E-state index contributed by atoms with van der Waals surface area (Å²) in [5, 5.41) is 0.478. The predicted octanol–water partition coefficient (Wildman–Crippen LogP) is 4.27. The first kappa shape index (κ1) is 15.8. The second-order valence-electron chi connectivity index (χ2n) is 5.02. The molecule has 4 heteroatoms. The molecule has 1 saturated heterocycles. The normalized spacial score (nSPS) is 16.9. The van der Waals surface area contributed by atoms with Crippen LogP contribution in [0.15, 0.2) is 30.3 Å². The van der Waals surface area contributed by atoms with Gasteiger partial charge in [-0.05, 0) is 12.0 Å². The van der Waals surface area contributed by atoms with Crippen LogP contribution < -0.4 is 0 Å². The number of thiocarbonyl (C=S) groups is 1. The fraction of sp³-hybridized carbons (Fsp3) is 0.562. The summed E-state index contributed by atoms with van der Waals surface area (Å²) < 4.78 is 6.42. The Balaban J connectivity index is 1.97. The molecule has 0 aromatic heterocycles. The summed E-state index contributed by atoms with van der Waals surface area (Å²) in [6.07, 6.45) is 3.67. The number of unbranched alkanes of at least 4 members (excludes halogenated alkanes) is 1. The molecule has 0 aliphatic carbocycles. The molecule has 0 saturated carbocycles. The van der Waals surface area contributed by atoms with Crippen LogP contribution in [0.4, 0.5) is 0 Å². The van der Waals surface area contributed by atoms with Crippen molar-refractivity contribution in [3.63, 3.8) is 0 Å². The van der Waals surface area contributed by atoms with Gasteiger partial charge in [-0.2, -0.15) is 0 Å². The van der Waals surface area contributed by atoms with Gasteiger partial charge in [0.05, 0.1) is 13.2 Å². The van der Waals surface area contributed by atoms with Gasteiger partial charge in [0.15, 0.2) is 0 Å². The molecule has 2 rings (SSSR count). The smallest absolute Gasteiger partial charge is 0.137 e. The van der Waals surface area contributed by atoms with E-state index in [1.807, 2.05) is 11.8 Å². The van der Waals surface area contributed by atoms with Crippen molar-refractivity contribution in [2.75, 3.05) is 26.3 Å². The molecule has 1 atom stereocenters. The summed E-state index contributed by atoms with van der Waals surface area (Å²) in [7, 11) is 0. The quantitative estimate of drug-likeness (QED) is 0.753. The van der Waals surface area contributed by atoms with E-state index >= 15 is 0 Å². The lowest BCUT2D eigenvalue weighted by Crippen LogP contribution is -2.38. The average molecular weight is 309 g/mol. The minimum absolute atomic E-state index is 0.478. The van der Waals surface area contributed by atoms with E-state index < -0.39 is 0 Å². The van der Waals surface area contributed by atoms with E-state index in [2.05, 4.69) is 42.2 Å². The van der Waals surface area contributed by atoms with Gasteiger partial charge >= 0.3 is 0 Å². The van der Waals surface area contributed by atoms with Gasteiger partial charge < -0.3 is 9.64 Å². The zero-order valence-corrected chi connectivity index (χ0v) is 13.7. The molecule has 1 aromatic carbocycles. The molecule has 0 amide bonds. The zero-order valence-electron chi connectivity index (χ0n) is 12.1. The topological polar surface area (TPSA) is 12.5 Å². The maximum atomic E-state index is 5.63. The third-order valence-electron chi connectivity index (χ3n) is 3.50. The number of benzene rings is 1. The monoisotopic (exact) mass is 309 g/mol. The second kappa shape index (κ2) is 8.65. The summed E-state index contributed by atoms with van der Waals surface area (Å²) in [4.78, 5) is 2.28. The molecule has 0 radical (unpaired) electrons. The number of nitrogens with zero attached hydrogens (tertiary/aromatic N) is 1. The van der Waals surface area contributed by atoms with E-state index in [0.29, 0.717) is 5.25 Å². The summed E-state index contributed by atoms with van der Waals surface area (Å²) in [5.74, 6) is 0. The highest BCUT2D eigenvalue weighted by atomic mass is 32.2. The fourth-order valence-electron chi connectivity index (χ4n) is 2.29. The summed E-state index contributed by atoms with van der Waals surface area (Å²) >= 11 is 7.48. The van der Waals surface area contributed by atoms with Crippen molar-refractivity contribution in [2.24, 2.45) is 0 Å². The van der Waals surface area contributed by atoms with Crippen LogP contribution in [0.25, 0.3) is 0 Å². The molecule has 20 heavy (non-hydrogen) atoms. The summed E-state index contributed by atoms with van der Waals surface area (Å²) in [5.41, 5.74) is 1.39. The largest absolute Gasteiger partial charge is 0.378 e. The lowest BCUT2D eigenvalue weighted by atomic mass is 10.1. The first-order chi connectivity index (χ1) is 9.81. The van der Waals surface area contributed by atoms with E-state index in [4.69, 9.17) is 17.0 Å². The van der Waals surface area contributed by atoms with Gasteiger partial charge in [0.2, 0.25) is 0 Å². The number of hydrogen-bond acceptors (Lipinski definition) is 3. The zero-order chi connectivity index (χ0) is 14.2. The Kier molecular flexibility index (Phi) is 6.83. The van der Waals surface area contributed by atoms with Crippen molar-refractivity contribution >= 4 is 28.3 Å². The van der Waals surface area contributed by atoms with Gasteiger partial charge in [0, 0.05) is 18.3 Å². The molecule has 1 fully saturated rings. The van der Waals surface area contributed by atoms with Crippen LogP contribution in [0.2, 0.25) is 0 Å². The molecule has 1 aromatic rings. The number of ether oxygens (including phenoxy) is 1. The Hall–Kier alpha value is -0.580. The van der Waals surface area contributed by atoms with Gasteiger partial charge in [-0.15, -0.1) is 0 Å². The first-order valence-corrected chi connectivity index (χ1v) is 8.68. The number of rotatable bonds is 5. The van der Waals surface area contributed by atoms with Crippen LogP contribution in [0, 0.1) is 0 Å². The van der Waals surface area contributed by atoms with Crippen molar-refractivity contribution in [1.82, 2.24) is 4.90 Å². The maximum Gasteiger partial charge on any atom is 0.137 e. The van der Waals surface area contributed by atoms with Gasteiger partial charge in [-0.1, -0.05) is 74.1 Å². The molecule has 0 spiro atoms. The van der Waals surface area contributed by atoms with Crippen LogP contribution in [-0.4, -0.2) is 35.5 Å². The third kappa shape index (κ3) is 4.76. The molecule has 0 N–H and O–H groups in total. The SMILES string of the molecule is CCCCC(SC(=S)N1CCOCC1)c1ccccc1. The molecule has 1 aliphatic rings. The van der Waals surface area contributed by atoms with E-state index in [1.165, 1.54) is 24.8 Å². The van der Waals surface area contributed by atoms with Crippen LogP contribution >= 0.6 is 24.0 Å². The van der Waals surface area contributed by atoms with Crippen molar-refractivity contribution in [2.45, 2.75) is 31.4 Å².